The summed E-state index contributed by atoms with van der Waals surface area (Å²) in [7, 11) is 0. The van der Waals surface area contributed by atoms with Crippen molar-refractivity contribution in [3.8, 4) is 0 Å². The molecule has 0 bridgehead atoms. The minimum absolute atomic E-state index is 0.116. The smallest absolute Gasteiger partial charge is 0.317 e. The molecule has 0 saturated heterocycles. The van der Waals surface area contributed by atoms with Crippen LogP contribution < -0.4 is 0 Å². The van der Waals surface area contributed by atoms with Gasteiger partial charge in [0.1, 0.15) is 0 Å². The van der Waals surface area contributed by atoms with Gasteiger partial charge < -0.3 is 5.11 Å². The molecule has 0 aliphatic heterocycles. The standard InChI is InChI=1S/C14H22N2O2S/c1-2-7-16(10-13(17)18)9-12-8-15-14(19-12)11-5-3-4-6-11/h8,11H,2-7,9-10H2,1H3,(H,17,18). The van der Waals surface area contributed by atoms with E-state index in [1.807, 2.05) is 11.1 Å². The van der Waals surface area contributed by atoms with Crippen LogP contribution in [0.25, 0.3) is 0 Å². The van der Waals surface area contributed by atoms with Crippen molar-refractivity contribution >= 4 is 17.3 Å². The molecule has 1 fully saturated rings. The number of nitrogens with zero attached hydrogens (tertiary/aromatic N) is 2. The molecule has 1 heterocycles. The van der Waals surface area contributed by atoms with Gasteiger partial charge in [0.15, 0.2) is 0 Å². The van der Waals surface area contributed by atoms with Crippen LogP contribution in [0.1, 0.15) is 54.8 Å². The van der Waals surface area contributed by atoms with Crippen LogP contribution in [-0.2, 0) is 11.3 Å². The van der Waals surface area contributed by atoms with Crippen LogP contribution in [0.4, 0.5) is 0 Å². The highest BCUT2D eigenvalue weighted by molar-refractivity contribution is 7.11. The Bertz CT molecular complexity index is 413. The first-order chi connectivity index (χ1) is 9.19. The number of carboxylic acid groups (broad SMARTS) is 1. The number of thiazole rings is 1. The van der Waals surface area contributed by atoms with E-state index in [1.165, 1.54) is 35.6 Å². The van der Waals surface area contributed by atoms with E-state index in [9.17, 15) is 4.79 Å². The van der Waals surface area contributed by atoms with Crippen molar-refractivity contribution < 1.29 is 9.90 Å². The van der Waals surface area contributed by atoms with Crippen LogP contribution >= 0.6 is 11.3 Å². The molecule has 1 saturated carbocycles. The van der Waals surface area contributed by atoms with Gasteiger partial charge in [-0.3, -0.25) is 9.69 Å². The molecular formula is C14H22N2O2S. The zero-order valence-electron chi connectivity index (χ0n) is 11.5. The van der Waals surface area contributed by atoms with Crippen LogP contribution in [0.15, 0.2) is 6.20 Å². The number of hydrogen-bond donors (Lipinski definition) is 1. The van der Waals surface area contributed by atoms with Gasteiger partial charge in [-0.1, -0.05) is 19.8 Å². The predicted molar refractivity (Wildman–Crippen MR) is 76.5 cm³/mol. The largest absolute Gasteiger partial charge is 0.480 e. The zero-order valence-corrected chi connectivity index (χ0v) is 12.3. The molecular weight excluding hydrogens is 260 g/mol. The van der Waals surface area contributed by atoms with E-state index in [-0.39, 0.29) is 6.54 Å². The third kappa shape index (κ3) is 4.28. The Morgan fingerprint density at radius 3 is 2.89 bits per heavy atom. The molecule has 0 unspecified atom stereocenters. The second-order valence-electron chi connectivity index (χ2n) is 5.25. The molecule has 5 heteroatoms. The molecule has 1 N–H and O–H groups in total. The Kier molecular flexibility index (Phi) is 5.34. The van der Waals surface area contributed by atoms with E-state index in [0.717, 1.165) is 13.0 Å². The van der Waals surface area contributed by atoms with Gasteiger partial charge in [0.2, 0.25) is 0 Å². The van der Waals surface area contributed by atoms with Crippen LogP contribution in [0.3, 0.4) is 0 Å². The van der Waals surface area contributed by atoms with Crippen molar-refractivity contribution in [2.75, 3.05) is 13.1 Å². The third-order valence-corrected chi connectivity index (χ3v) is 4.70. The van der Waals surface area contributed by atoms with Gasteiger partial charge in [-0.15, -0.1) is 11.3 Å². The summed E-state index contributed by atoms with van der Waals surface area (Å²) in [4.78, 5) is 18.5. The summed E-state index contributed by atoms with van der Waals surface area (Å²) in [5.41, 5.74) is 0. The molecule has 1 aromatic heterocycles. The Morgan fingerprint density at radius 2 is 2.26 bits per heavy atom. The molecule has 0 radical (unpaired) electrons. The second-order valence-corrected chi connectivity index (χ2v) is 6.40. The average molecular weight is 282 g/mol. The maximum atomic E-state index is 10.8. The molecule has 0 atom stereocenters. The highest BCUT2D eigenvalue weighted by Crippen LogP contribution is 2.36. The van der Waals surface area contributed by atoms with Crippen LogP contribution in [-0.4, -0.2) is 34.0 Å². The highest BCUT2D eigenvalue weighted by Gasteiger charge is 2.20. The Labute approximate surface area is 118 Å². The molecule has 19 heavy (non-hydrogen) atoms. The van der Waals surface area contributed by atoms with Crippen LogP contribution in [0.2, 0.25) is 0 Å². The van der Waals surface area contributed by atoms with Gasteiger partial charge in [-0.05, 0) is 25.8 Å². The van der Waals surface area contributed by atoms with E-state index >= 15 is 0 Å². The lowest BCUT2D eigenvalue weighted by Crippen LogP contribution is -2.29. The van der Waals surface area contributed by atoms with Gasteiger partial charge in [0, 0.05) is 23.5 Å². The minimum Gasteiger partial charge on any atom is -0.480 e. The lowest BCUT2D eigenvalue weighted by molar-refractivity contribution is -0.138. The van der Waals surface area contributed by atoms with Gasteiger partial charge in [-0.25, -0.2) is 4.98 Å². The van der Waals surface area contributed by atoms with Crippen LogP contribution in [0, 0.1) is 0 Å². The Hall–Kier alpha value is -0.940. The maximum Gasteiger partial charge on any atom is 0.317 e. The Balaban J connectivity index is 1.94. The first kappa shape index (κ1) is 14.5. The van der Waals surface area contributed by atoms with Crippen molar-refractivity contribution in [3.63, 3.8) is 0 Å². The van der Waals surface area contributed by atoms with E-state index in [1.54, 1.807) is 11.3 Å². The molecule has 1 aliphatic carbocycles. The number of rotatable bonds is 7. The fraction of sp³-hybridized carbons (Fsp3) is 0.714. The quantitative estimate of drug-likeness (QED) is 0.835. The van der Waals surface area contributed by atoms with E-state index in [0.29, 0.717) is 12.5 Å². The minimum atomic E-state index is -0.756. The number of carbonyl (C=O) groups is 1. The fourth-order valence-electron chi connectivity index (χ4n) is 2.70. The van der Waals surface area contributed by atoms with Gasteiger partial charge >= 0.3 is 5.97 Å². The van der Waals surface area contributed by atoms with E-state index in [2.05, 4.69) is 11.9 Å². The molecule has 4 nitrogen and oxygen atoms in total. The molecule has 0 aromatic carbocycles. The van der Waals surface area contributed by atoms with Crippen LogP contribution in [0.5, 0.6) is 0 Å². The Morgan fingerprint density at radius 1 is 1.53 bits per heavy atom. The third-order valence-electron chi connectivity index (χ3n) is 3.55. The lowest BCUT2D eigenvalue weighted by atomic mass is 10.1. The van der Waals surface area contributed by atoms with E-state index in [4.69, 9.17) is 5.11 Å². The fourth-order valence-corrected chi connectivity index (χ4v) is 3.83. The van der Waals surface area contributed by atoms with Gasteiger partial charge in [0.25, 0.3) is 0 Å². The lowest BCUT2D eigenvalue weighted by Gasteiger charge is -2.17. The van der Waals surface area contributed by atoms with Crippen molar-refractivity contribution in [1.82, 2.24) is 9.88 Å². The first-order valence-electron chi connectivity index (χ1n) is 7.07. The van der Waals surface area contributed by atoms with Crippen molar-refractivity contribution in [3.05, 3.63) is 16.1 Å². The normalized spacial score (nSPS) is 16.3. The summed E-state index contributed by atoms with van der Waals surface area (Å²) in [6.07, 6.45) is 8.08. The molecule has 0 amide bonds. The summed E-state index contributed by atoms with van der Waals surface area (Å²) >= 11 is 1.77. The van der Waals surface area contributed by atoms with E-state index < -0.39 is 5.97 Å². The number of carboxylic acids is 1. The predicted octanol–water partition coefficient (Wildman–Crippen LogP) is 3.10. The molecule has 1 aromatic rings. The maximum absolute atomic E-state index is 10.8. The van der Waals surface area contributed by atoms with Gasteiger partial charge in [-0.2, -0.15) is 0 Å². The zero-order chi connectivity index (χ0) is 13.7. The SMILES string of the molecule is CCCN(CC(=O)O)Cc1cnc(C2CCCC2)s1. The monoisotopic (exact) mass is 282 g/mol. The van der Waals surface area contributed by atoms with Crippen molar-refractivity contribution in [2.45, 2.75) is 51.5 Å². The molecule has 106 valence electrons. The summed E-state index contributed by atoms with van der Waals surface area (Å²) in [6, 6.07) is 0. The molecule has 2 rings (SSSR count). The summed E-state index contributed by atoms with van der Waals surface area (Å²) in [5, 5.41) is 10.2. The first-order valence-corrected chi connectivity index (χ1v) is 7.89. The summed E-state index contributed by atoms with van der Waals surface area (Å²) in [6.45, 7) is 3.73. The number of aliphatic carboxylic acids is 1. The summed E-state index contributed by atoms with van der Waals surface area (Å²) in [5.74, 6) is -0.105. The number of hydrogen-bond acceptors (Lipinski definition) is 4. The van der Waals surface area contributed by atoms with Crippen molar-refractivity contribution in [2.24, 2.45) is 0 Å². The number of aromatic nitrogens is 1. The van der Waals surface area contributed by atoms with Gasteiger partial charge in [0.05, 0.1) is 11.6 Å². The molecule has 1 aliphatic rings. The average Bonchev–Trinajstić information content (AvgIpc) is 2.97. The second kappa shape index (κ2) is 7.01. The molecule has 0 spiro atoms. The topological polar surface area (TPSA) is 53.4 Å². The van der Waals surface area contributed by atoms with Crippen molar-refractivity contribution in [1.29, 1.82) is 0 Å². The highest BCUT2D eigenvalue weighted by atomic mass is 32.1. The summed E-state index contributed by atoms with van der Waals surface area (Å²) < 4.78 is 0.